The lowest BCUT2D eigenvalue weighted by Crippen LogP contribution is -2.42. The van der Waals surface area contributed by atoms with E-state index in [0.29, 0.717) is 12.0 Å². The highest BCUT2D eigenvalue weighted by Crippen LogP contribution is 2.28. The van der Waals surface area contributed by atoms with Crippen LogP contribution in [0.4, 0.5) is 0 Å². The Hall–Kier alpha value is -0.610. The summed E-state index contributed by atoms with van der Waals surface area (Å²) in [5.41, 5.74) is 5.89. The molecular formula is C12H25N3O. The van der Waals surface area contributed by atoms with Gasteiger partial charge in [0.2, 0.25) is 5.91 Å². The van der Waals surface area contributed by atoms with E-state index < -0.39 is 0 Å². The van der Waals surface area contributed by atoms with Crippen molar-refractivity contribution in [2.75, 3.05) is 27.2 Å². The number of likely N-dealkylation sites (N-methyl/N-ethyl adjacent to an activating group) is 1. The third-order valence-corrected chi connectivity index (χ3v) is 3.40. The van der Waals surface area contributed by atoms with Crippen LogP contribution in [0.15, 0.2) is 0 Å². The molecule has 1 aliphatic carbocycles. The lowest BCUT2D eigenvalue weighted by molar-refractivity contribution is -0.127. The molecule has 0 heterocycles. The fourth-order valence-electron chi connectivity index (χ4n) is 2.36. The lowest BCUT2D eigenvalue weighted by Gasteiger charge is -2.31. The molecule has 1 aliphatic rings. The van der Waals surface area contributed by atoms with Gasteiger partial charge in [0.05, 0.1) is 0 Å². The monoisotopic (exact) mass is 227 g/mol. The van der Waals surface area contributed by atoms with Crippen LogP contribution in [-0.4, -0.2) is 44.0 Å². The van der Waals surface area contributed by atoms with E-state index >= 15 is 0 Å². The number of hydrogen-bond acceptors (Lipinski definition) is 3. The molecule has 1 fully saturated rings. The van der Waals surface area contributed by atoms with Gasteiger partial charge in [-0.15, -0.1) is 0 Å². The predicted molar refractivity (Wildman–Crippen MR) is 66.0 cm³/mol. The third-order valence-electron chi connectivity index (χ3n) is 3.40. The minimum Gasteiger partial charge on any atom is -0.355 e. The van der Waals surface area contributed by atoms with Gasteiger partial charge in [0.1, 0.15) is 0 Å². The van der Waals surface area contributed by atoms with E-state index in [1.54, 1.807) is 0 Å². The van der Waals surface area contributed by atoms with E-state index in [1.165, 1.54) is 0 Å². The van der Waals surface area contributed by atoms with Crippen molar-refractivity contribution in [3.63, 3.8) is 0 Å². The van der Waals surface area contributed by atoms with Crippen molar-refractivity contribution in [2.45, 2.75) is 32.2 Å². The molecular weight excluding hydrogens is 202 g/mol. The Kier molecular flexibility index (Phi) is 5.22. The summed E-state index contributed by atoms with van der Waals surface area (Å²) in [7, 11) is 4.02. The molecule has 94 valence electrons. The van der Waals surface area contributed by atoms with E-state index in [2.05, 4.69) is 17.1 Å². The zero-order valence-corrected chi connectivity index (χ0v) is 10.7. The molecule has 0 aromatic carbocycles. The first kappa shape index (κ1) is 13.5. The summed E-state index contributed by atoms with van der Waals surface area (Å²) in [5, 5.41) is 3.01. The number of rotatable bonds is 4. The molecule has 4 nitrogen and oxygen atoms in total. The Morgan fingerprint density at radius 3 is 2.69 bits per heavy atom. The first-order valence-corrected chi connectivity index (χ1v) is 6.18. The molecule has 1 rings (SSSR count). The van der Waals surface area contributed by atoms with Gasteiger partial charge < -0.3 is 16.0 Å². The smallest absolute Gasteiger partial charge is 0.223 e. The SMILES string of the molecule is CC1CC(N)CCC1C(=O)NCCN(C)C. The molecule has 3 N–H and O–H groups in total. The largest absolute Gasteiger partial charge is 0.355 e. The van der Waals surface area contributed by atoms with Crippen LogP contribution >= 0.6 is 0 Å². The van der Waals surface area contributed by atoms with Crippen molar-refractivity contribution < 1.29 is 4.79 Å². The molecule has 1 saturated carbocycles. The number of amides is 1. The maximum atomic E-state index is 11.9. The highest BCUT2D eigenvalue weighted by molar-refractivity contribution is 5.79. The van der Waals surface area contributed by atoms with Gasteiger partial charge in [-0.05, 0) is 39.3 Å². The van der Waals surface area contributed by atoms with Gasteiger partial charge in [0.25, 0.3) is 0 Å². The van der Waals surface area contributed by atoms with Gasteiger partial charge in [0, 0.05) is 25.0 Å². The second-order valence-electron chi connectivity index (χ2n) is 5.25. The minimum atomic E-state index is 0.168. The maximum absolute atomic E-state index is 11.9. The van der Waals surface area contributed by atoms with Crippen LogP contribution < -0.4 is 11.1 Å². The van der Waals surface area contributed by atoms with Crippen molar-refractivity contribution in [2.24, 2.45) is 17.6 Å². The molecule has 16 heavy (non-hydrogen) atoms. The van der Waals surface area contributed by atoms with Crippen molar-refractivity contribution in [1.82, 2.24) is 10.2 Å². The first-order chi connectivity index (χ1) is 7.50. The molecule has 3 atom stereocenters. The number of carbonyl (C=O) groups excluding carboxylic acids is 1. The molecule has 0 radical (unpaired) electrons. The van der Waals surface area contributed by atoms with Crippen molar-refractivity contribution in [1.29, 1.82) is 0 Å². The summed E-state index contributed by atoms with van der Waals surface area (Å²) < 4.78 is 0. The molecule has 1 amide bonds. The zero-order chi connectivity index (χ0) is 12.1. The molecule has 0 saturated heterocycles. The standard InChI is InChI=1S/C12H25N3O/c1-9-8-10(13)4-5-11(9)12(16)14-6-7-15(2)3/h9-11H,4-8,13H2,1-3H3,(H,14,16). The first-order valence-electron chi connectivity index (χ1n) is 6.18. The molecule has 0 aromatic rings. The van der Waals surface area contributed by atoms with E-state index in [4.69, 9.17) is 5.73 Å². The van der Waals surface area contributed by atoms with Crippen LogP contribution in [0.2, 0.25) is 0 Å². The van der Waals surface area contributed by atoms with Gasteiger partial charge in [-0.25, -0.2) is 0 Å². The fraction of sp³-hybridized carbons (Fsp3) is 0.917. The summed E-state index contributed by atoms with van der Waals surface area (Å²) in [6, 6.07) is 0.292. The average Bonchev–Trinajstić information content (AvgIpc) is 2.16. The Morgan fingerprint density at radius 1 is 1.44 bits per heavy atom. The van der Waals surface area contributed by atoms with Gasteiger partial charge in [0.15, 0.2) is 0 Å². The minimum absolute atomic E-state index is 0.168. The van der Waals surface area contributed by atoms with Gasteiger partial charge >= 0.3 is 0 Å². The third kappa shape index (κ3) is 4.10. The van der Waals surface area contributed by atoms with Gasteiger partial charge in [-0.1, -0.05) is 6.92 Å². The van der Waals surface area contributed by atoms with Crippen molar-refractivity contribution in [3.8, 4) is 0 Å². The molecule has 4 heteroatoms. The van der Waals surface area contributed by atoms with E-state index in [9.17, 15) is 4.79 Å². The Balaban J connectivity index is 2.30. The topological polar surface area (TPSA) is 58.4 Å². The molecule has 0 aliphatic heterocycles. The number of nitrogens with two attached hydrogens (primary N) is 1. The summed E-state index contributed by atoms with van der Waals surface area (Å²) in [5.74, 6) is 0.798. The summed E-state index contributed by atoms with van der Waals surface area (Å²) in [6.45, 7) is 3.77. The maximum Gasteiger partial charge on any atom is 0.223 e. The number of nitrogens with zero attached hydrogens (tertiary/aromatic N) is 1. The Morgan fingerprint density at radius 2 is 2.12 bits per heavy atom. The molecule has 3 unspecified atom stereocenters. The van der Waals surface area contributed by atoms with Crippen LogP contribution in [-0.2, 0) is 4.79 Å². The molecule has 0 aromatic heterocycles. The Labute approximate surface area is 98.6 Å². The van der Waals surface area contributed by atoms with E-state index in [0.717, 1.165) is 32.4 Å². The second-order valence-corrected chi connectivity index (χ2v) is 5.25. The zero-order valence-electron chi connectivity index (χ0n) is 10.7. The van der Waals surface area contributed by atoms with Crippen LogP contribution in [0.5, 0.6) is 0 Å². The van der Waals surface area contributed by atoms with E-state index in [1.807, 2.05) is 14.1 Å². The fourth-order valence-corrected chi connectivity index (χ4v) is 2.36. The predicted octanol–water partition coefficient (Wildman–Crippen LogP) is 0.428. The Bertz CT molecular complexity index is 230. The summed E-state index contributed by atoms with van der Waals surface area (Å²) in [4.78, 5) is 14.0. The van der Waals surface area contributed by atoms with Crippen molar-refractivity contribution >= 4 is 5.91 Å². The van der Waals surface area contributed by atoms with Gasteiger partial charge in [-0.3, -0.25) is 4.79 Å². The van der Waals surface area contributed by atoms with Crippen LogP contribution in [0, 0.1) is 11.8 Å². The van der Waals surface area contributed by atoms with Crippen molar-refractivity contribution in [3.05, 3.63) is 0 Å². The van der Waals surface area contributed by atoms with Crippen LogP contribution in [0.3, 0.4) is 0 Å². The quantitative estimate of drug-likeness (QED) is 0.732. The number of nitrogens with one attached hydrogen (secondary N) is 1. The van der Waals surface area contributed by atoms with Gasteiger partial charge in [-0.2, -0.15) is 0 Å². The highest BCUT2D eigenvalue weighted by atomic mass is 16.1. The number of hydrogen-bond donors (Lipinski definition) is 2. The summed E-state index contributed by atoms with van der Waals surface area (Å²) >= 11 is 0. The lowest BCUT2D eigenvalue weighted by atomic mass is 9.78. The normalized spacial score (nSPS) is 30.4. The highest BCUT2D eigenvalue weighted by Gasteiger charge is 2.30. The summed E-state index contributed by atoms with van der Waals surface area (Å²) in [6.07, 6.45) is 2.90. The van der Waals surface area contributed by atoms with Crippen LogP contribution in [0.1, 0.15) is 26.2 Å². The average molecular weight is 227 g/mol. The second kappa shape index (κ2) is 6.21. The van der Waals surface area contributed by atoms with Crippen LogP contribution in [0.25, 0.3) is 0 Å². The molecule has 0 spiro atoms. The van der Waals surface area contributed by atoms with E-state index in [-0.39, 0.29) is 11.8 Å². The number of carbonyl (C=O) groups is 1. The molecule has 0 bridgehead atoms.